The quantitative estimate of drug-likeness (QED) is 0.209. The zero-order valence-corrected chi connectivity index (χ0v) is 20.8. The molecule has 1 saturated heterocycles. The number of benzene rings is 3. The molecule has 1 atom stereocenters. The van der Waals surface area contributed by atoms with Gasteiger partial charge in [-0.05, 0) is 49.7 Å². The highest BCUT2D eigenvalue weighted by Gasteiger charge is 2.48. The van der Waals surface area contributed by atoms with Crippen LogP contribution < -0.4 is 14.4 Å². The fraction of sp³-hybridized carbons (Fsp3) is 0.179. The van der Waals surface area contributed by atoms with E-state index < -0.39 is 17.7 Å². The van der Waals surface area contributed by atoms with E-state index in [1.807, 2.05) is 50.2 Å². The van der Waals surface area contributed by atoms with Gasteiger partial charge in [0.15, 0.2) is 5.13 Å². The highest BCUT2D eigenvalue weighted by atomic mass is 32.1. The fourth-order valence-electron chi connectivity index (χ4n) is 4.27. The van der Waals surface area contributed by atoms with Crippen LogP contribution in [0.2, 0.25) is 0 Å². The molecular weight excluding hydrogens is 476 g/mol. The summed E-state index contributed by atoms with van der Waals surface area (Å²) in [6.45, 7) is 4.28. The molecule has 0 spiro atoms. The Balaban J connectivity index is 1.69. The number of carbonyl (C=O) groups is 2. The highest BCUT2D eigenvalue weighted by Crippen LogP contribution is 2.44. The molecule has 3 aromatic carbocycles. The number of aromatic nitrogens is 1. The van der Waals surface area contributed by atoms with Crippen molar-refractivity contribution in [2.45, 2.75) is 19.9 Å². The lowest BCUT2D eigenvalue weighted by Gasteiger charge is -2.23. The largest absolute Gasteiger partial charge is 0.507 e. The van der Waals surface area contributed by atoms with E-state index in [1.54, 1.807) is 37.4 Å². The predicted molar refractivity (Wildman–Crippen MR) is 140 cm³/mol. The van der Waals surface area contributed by atoms with Gasteiger partial charge in [-0.2, -0.15) is 0 Å². The molecule has 36 heavy (non-hydrogen) atoms. The first kappa shape index (κ1) is 23.6. The van der Waals surface area contributed by atoms with E-state index in [1.165, 1.54) is 16.2 Å². The van der Waals surface area contributed by atoms with Crippen LogP contribution in [-0.2, 0) is 9.59 Å². The van der Waals surface area contributed by atoms with Crippen LogP contribution in [0, 0.1) is 6.92 Å². The van der Waals surface area contributed by atoms with Gasteiger partial charge in [-0.1, -0.05) is 53.3 Å². The summed E-state index contributed by atoms with van der Waals surface area (Å²) in [5, 5.41) is 11.7. The number of fused-ring (bicyclic) bond motifs is 1. The molecule has 4 aromatic rings. The van der Waals surface area contributed by atoms with Crippen molar-refractivity contribution in [3.05, 3.63) is 89.0 Å². The van der Waals surface area contributed by atoms with Crippen LogP contribution in [0.5, 0.6) is 11.5 Å². The maximum Gasteiger partial charge on any atom is 0.301 e. The Hall–Kier alpha value is -4.17. The van der Waals surface area contributed by atoms with Crippen molar-refractivity contribution in [3.63, 3.8) is 0 Å². The Morgan fingerprint density at radius 2 is 1.83 bits per heavy atom. The molecule has 1 fully saturated rings. The Kier molecular flexibility index (Phi) is 6.20. The van der Waals surface area contributed by atoms with Crippen LogP contribution in [0.4, 0.5) is 5.13 Å². The van der Waals surface area contributed by atoms with Gasteiger partial charge in [-0.25, -0.2) is 4.98 Å². The second-order valence-electron chi connectivity index (χ2n) is 8.37. The van der Waals surface area contributed by atoms with Gasteiger partial charge in [0, 0.05) is 5.56 Å². The third-order valence-electron chi connectivity index (χ3n) is 6.05. The molecular formula is C28H24N2O5S. The zero-order valence-electron chi connectivity index (χ0n) is 20.0. The summed E-state index contributed by atoms with van der Waals surface area (Å²) in [6, 6.07) is 19.0. The third kappa shape index (κ3) is 4.09. The second-order valence-corrected chi connectivity index (χ2v) is 9.38. The maximum atomic E-state index is 13.4. The van der Waals surface area contributed by atoms with Gasteiger partial charge in [0.2, 0.25) is 0 Å². The van der Waals surface area contributed by atoms with Crippen molar-refractivity contribution >= 4 is 44.1 Å². The monoisotopic (exact) mass is 500 g/mol. The number of nitrogens with zero attached hydrogens (tertiary/aromatic N) is 2. The van der Waals surface area contributed by atoms with Gasteiger partial charge < -0.3 is 14.6 Å². The number of ether oxygens (including phenoxy) is 2. The van der Waals surface area contributed by atoms with Gasteiger partial charge >= 0.3 is 5.91 Å². The smallest absolute Gasteiger partial charge is 0.301 e. The molecule has 182 valence electrons. The molecule has 0 aliphatic carbocycles. The summed E-state index contributed by atoms with van der Waals surface area (Å²) in [5.74, 6) is -0.539. The first-order chi connectivity index (χ1) is 17.4. The average molecular weight is 501 g/mol. The first-order valence-corrected chi connectivity index (χ1v) is 12.3. The Bertz CT molecular complexity index is 1510. The molecule has 0 bridgehead atoms. The molecule has 1 amide bonds. The average Bonchev–Trinajstić information content (AvgIpc) is 3.42. The lowest BCUT2D eigenvalue weighted by molar-refractivity contribution is -0.132. The topological polar surface area (TPSA) is 89.0 Å². The lowest BCUT2D eigenvalue weighted by atomic mass is 9.95. The lowest BCUT2D eigenvalue weighted by Crippen LogP contribution is -2.29. The van der Waals surface area contributed by atoms with Crippen LogP contribution in [-0.4, -0.2) is 35.5 Å². The van der Waals surface area contributed by atoms with Crippen LogP contribution >= 0.6 is 11.3 Å². The standard InChI is InChI=1S/C28H24N2O5S/c1-4-35-20-7-5-6-18(14-20)25(31)23-24(17-10-8-16(2)9-11-17)30(27(33)26(23)32)28-29-21-13-12-19(34-3)15-22(21)36-28/h5-15,24,31H,4H2,1-3H3/b25-23+. The number of aliphatic hydroxyl groups is 1. The van der Waals surface area contributed by atoms with Gasteiger partial charge in [0.1, 0.15) is 17.3 Å². The minimum atomic E-state index is -0.844. The molecule has 5 rings (SSSR count). The number of aryl methyl sites for hydroxylation is 1. The van der Waals surface area contributed by atoms with Crippen molar-refractivity contribution in [1.29, 1.82) is 0 Å². The highest BCUT2D eigenvalue weighted by molar-refractivity contribution is 7.22. The van der Waals surface area contributed by atoms with E-state index in [0.29, 0.717) is 39.9 Å². The van der Waals surface area contributed by atoms with E-state index in [2.05, 4.69) is 4.98 Å². The van der Waals surface area contributed by atoms with E-state index in [9.17, 15) is 14.7 Å². The van der Waals surface area contributed by atoms with Crippen molar-refractivity contribution in [1.82, 2.24) is 4.98 Å². The van der Waals surface area contributed by atoms with Gasteiger partial charge in [0.25, 0.3) is 5.78 Å². The number of hydrogen-bond acceptors (Lipinski definition) is 7. The van der Waals surface area contributed by atoms with Gasteiger partial charge in [-0.15, -0.1) is 0 Å². The second kappa shape index (κ2) is 9.47. The van der Waals surface area contributed by atoms with Crippen LogP contribution in [0.1, 0.15) is 29.7 Å². The molecule has 8 heteroatoms. The van der Waals surface area contributed by atoms with Gasteiger partial charge in [0.05, 0.1) is 35.5 Å². The van der Waals surface area contributed by atoms with E-state index >= 15 is 0 Å². The van der Waals surface area contributed by atoms with Crippen LogP contribution in [0.25, 0.3) is 16.0 Å². The molecule has 1 aromatic heterocycles. The molecule has 0 saturated carbocycles. The summed E-state index contributed by atoms with van der Waals surface area (Å²) >= 11 is 1.29. The summed E-state index contributed by atoms with van der Waals surface area (Å²) in [4.78, 5) is 32.8. The number of anilines is 1. The van der Waals surface area contributed by atoms with Crippen molar-refractivity contribution in [2.24, 2.45) is 0 Å². The van der Waals surface area contributed by atoms with Crippen LogP contribution in [0.3, 0.4) is 0 Å². The first-order valence-electron chi connectivity index (χ1n) is 11.5. The number of methoxy groups -OCH3 is 1. The Labute approximate surface area is 212 Å². The van der Waals surface area contributed by atoms with E-state index in [0.717, 1.165) is 10.3 Å². The van der Waals surface area contributed by atoms with Gasteiger partial charge in [-0.3, -0.25) is 14.5 Å². The van der Waals surface area contributed by atoms with Crippen molar-refractivity contribution in [3.8, 4) is 11.5 Å². The number of aliphatic hydroxyl groups excluding tert-OH is 1. The third-order valence-corrected chi connectivity index (χ3v) is 7.06. The Morgan fingerprint density at radius 1 is 1.06 bits per heavy atom. The number of Topliss-reactive ketones (excluding diaryl/α,β-unsaturated/α-hetero) is 1. The summed E-state index contributed by atoms with van der Waals surface area (Å²) in [6.07, 6.45) is 0. The number of ketones is 1. The minimum Gasteiger partial charge on any atom is -0.507 e. The maximum absolute atomic E-state index is 13.4. The summed E-state index contributed by atoms with van der Waals surface area (Å²) < 4.78 is 11.7. The number of rotatable bonds is 6. The molecule has 7 nitrogen and oxygen atoms in total. The predicted octanol–water partition coefficient (Wildman–Crippen LogP) is 5.64. The Morgan fingerprint density at radius 3 is 2.56 bits per heavy atom. The van der Waals surface area contributed by atoms with E-state index in [-0.39, 0.29) is 11.3 Å². The molecule has 1 unspecified atom stereocenters. The zero-order chi connectivity index (χ0) is 25.4. The summed E-state index contributed by atoms with van der Waals surface area (Å²) in [5.41, 5.74) is 2.82. The molecule has 2 heterocycles. The van der Waals surface area contributed by atoms with Crippen molar-refractivity contribution in [2.75, 3.05) is 18.6 Å². The molecule has 1 N–H and O–H groups in total. The molecule has 1 aliphatic heterocycles. The fourth-order valence-corrected chi connectivity index (χ4v) is 5.29. The number of amides is 1. The summed E-state index contributed by atoms with van der Waals surface area (Å²) in [7, 11) is 1.58. The van der Waals surface area contributed by atoms with E-state index in [4.69, 9.17) is 9.47 Å². The van der Waals surface area contributed by atoms with Crippen molar-refractivity contribution < 1.29 is 24.2 Å². The molecule has 0 radical (unpaired) electrons. The number of thiazole rings is 1. The molecule has 1 aliphatic rings. The normalized spacial score (nSPS) is 17.1. The minimum absolute atomic E-state index is 0.00865. The number of hydrogen-bond donors (Lipinski definition) is 1. The SMILES string of the molecule is CCOc1cccc(/C(O)=C2\C(=O)C(=O)N(c3nc4ccc(OC)cc4s3)C2c2ccc(C)cc2)c1. The number of carbonyl (C=O) groups excluding carboxylic acids is 2. The van der Waals surface area contributed by atoms with Crippen LogP contribution in [0.15, 0.2) is 72.3 Å².